The molecule has 4 aromatic rings. The van der Waals surface area contributed by atoms with Crippen LogP contribution in [0.25, 0.3) is 23.1 Å². The molecule has 2 aromatic heterocycles. The number of benzene rings is 2. The average Bonchev–Trinajstić information content (AvgIpc) is 3.43. The molecule has 2 N–H and O–H groups in total. The SMILES string of the molecule is C=Cc1cc(Cn2ccc3cccc(C(=O)N[C@@H](C)c4ccc(C(=O)O)cc4)c32)oc1/C=C\C. The minimum atomic E-state index is -0.981. The van der Waals surface area contributed by atoms with Gasteiger partial charge in [-0.3, -0.25) is 4.79 Å². The number of fused-ring (bicyclic) bond motifs is 1. The van der Waals surface area contributed by atoms with Gasteiger partial charge in [0.2, 0.25) is 0 Å². The molecule has 0 unspecified atom stereocenters. The number of carboxylic acid groups (broad SMARTS) is 1. The largest absolute Gasteiger partial charge is 0.478 e. The second kappa shape index (κ2) is 9.67. The van der Waals surface area contributed by atoms with Gasteiger partial charge >= 0.3 is 5.97 Å². The molecule has 0 fully saturated rings. The number of furan rings is 1. The van der Waals surface area contributed by atoms with E-state index in [9.17, 15) is 9.59 Å². The van der Waals surface area contributed by atoms with Gasteiger partial charge in [-0.2, -0.15) is 0 Å². The Hall–Kier alpha value is -4.32. The van der Waals surface area contributed by atoms with Crippen LogP contribution in [-0.2, 0) is 6.54 Å². The van der Waals surface area contributed by atoms with E-state index in [2.05, 4.69) is 11.9 Å². The Kier molecular flexibility index (Phi) is 6.50. The number of carboxylic acids is 1. The van der Waals surface area contributed by atoms with Gasteiger partial charge in [0.15, 0.2) is 0 Å². The second-order valence-corrected chi connectivity index (χ2v) is 8.05. The van der Waals surface area contributed by atoms with Gasteiger partial charge in [-0.25, -0.2) is 4.79 Å². The zero-order chi connectivity index (χ0) is 24.2. The summed E-state index contributed by atoms with van der Waals surface area (Å²) < 4.78 is 8.00. The van der Waals surface area contributed by atoms with Crippen LogP contribution < -0.4 is 5.32 Å². The maximum absolute atomic E-state index is 13.2. The van der Waals surface area contributed by atoms with E-state index in [1.54, 1.807) is 24.3 Å². The zero-order valence-electron chi connectivity index (χ0n) is 19.1. The Bertz CT molecular complexity index is 1390. The van der Waals surface area contributed by atoms with Gasteiger partial charge in [0.1, 0.15) is 11.5 Å². The minimum Gasteiger partial charge on any atom is -0.478 e. The van der Waals surface area contributed by atoms with E-state index in [1.165, 1.54) is 12.1 Å². The molecule has 2 heterocycles. The summed E-state index contributed by atoms with van der Waals surface area (Å²) in [5.41, 5.74) is 3.33. The highest BCUT2D eigenvalue weighted by molar-refractivity contribution is 6.06. The number of amides is 1. The van der Waals surface area contributed by atoms with E-state index in [0.717, 1.165) is 33.6 Å². The summed E-state index contributed by atoms with van der Waals surface area (Å²) in [7, 11) is 0. The molecule has 0 bridgehead atoms. The maximum Gasteiger partial charge on any atom is 0.335 e. The summed E-state index contributed by atoms with van der Waals surface area (Å²) in [6.45, 7) is 8.13. The third kappa shape index (κ3) is 4.57. The smallest absolute Gasteiger partial charge is 0.335 e. The highest BCUT2D eigenvalue weighted by Crippen LogP contribution is 2.25. The molecule has 0 spiro atoms. The minimum absolute atomic E-state index is 0.207. The molecular weight excluding hydrogens is 428 g/mol. The number of aromatic carboxylic acids is 1. The molecule has 4 rings (SSSR count). The fourth-order valence-electron chi connectivity index (χ4n) is 4.01. The number of rotatable bonds is 8. The van der Waals surface area contributed by atoms with Crippen molar-refractivity contribution in [2.75, 3.05) is 0 Å². The van der Waals surface area contributed by atoms with Gasteiger partial charge in [0, 0.05) is 17.1 Å². The first kappa shape index (κ1) is 22.9. The van der Waals surface area contributed by atoms with Gasteiger partial charge in [-0.05, 0) is 55.8 Å². The number of aromatic nitrogens is 1. The molecule has 6 heteroatoms. The molecular formula is C28H26N2O4. The molecule has 0 radical (unpaired) electrons. The normalized spacial score (nSPS) is 12.2. The van der Waals surface area contributed by atoms with E-state index in [1.807, 2.05) is 61.0 Å². The number of carbonyl (C=O) groups is 2. The second-order valence-electron chi connectivity index (χ2n) is 8.05. The van der Waals surface area contributed by atoms with Crippen LogP contribution in [0.4, 0.5) is 0 Å². The predicted molar refractivity (Wildman–Crippen MR) is 134 cm³/mol. The number of hydrogen-bond acceptors (Lipinski definition) is 3. The molecule has 6 nitrogen and oxygen atoms in total. The van der Waals surface area contributed by atoms with Crippen LogP contribution in [0.3, 0.4) is 0 Å². The first-order valence-electron chi connectivity index (χ1n) is 11.0. The fraction of sp³-hybridized carbons (Fsp3) is 0.143. The van der Waals surface area contributed by atoms with Crippen LogP contribution in [-0.4, -0.2) is 21.6 Å². The van der Waals surface area contributed by atoms with Gasteiger partial charge in [-0.1, -0.05) is 43.0 Å². The lowest BCUT2D eigenvalue weighted by molar-refractivity contribution is 0.0696. The summed E-state index contributed by atoms with van der Waals surface area (Å²) >= 11 is 0. The molecule has 0 saturated heterocycles. The molecule has 0 aliphatic heterocycles. The van der Waals surface area contributed by atoms with Crippen LogP contribution in [0, 0.1) is 0 Å². The summed E-state index contributed by atoms with van der Waals surface area (Å²) in [6, 6.07) is 15.8. The summed E-state index contributed by atoms with van der Waals surface area (Å²) in [5, 5.41) is 13.1. The molecule has 1 atom stereocenters. The van der Waals surface area contributed by atoms with E-state index in [4.69, 9.17) is 9.52 Å². The molecule has 0 aliphatic carbocycles. The highest BCUT2D eigenvalue weighted by Gasteiger charge is 2.18. The van der Waals surface area contributed by atoms with Crippen molar-refractivity contribution in [1.82, 2.24) is 9.88 Å². The van der Waals surface area contributed by atoms with E-state index >= 15 is 0 Å². The number of carbonyl (C=O) groups excluding carboxylic acids is 1. The van der Waals surface area contributed by atoms with Gasteiger partial charge in [0.05, 0.1) is 29.2 Å². The van der Waals surface area contributed by atoms with Crippen LogP contribution in [0.15, 0.2) is 77.9 Å². The molecule has 0 saturated carbocycles. The number of hydrogen-bond donors (Lipinski definition) is 2. The van der Waals surface area contributed by atoms with Crippen molar-refractivity contribution in [2.24, 2.45) is 0 Å². The lowest BCUT2D eigenvalue weighted by Crippen LogP contribution is -2.27. The maximum atomic E-state index is 13.2. The Labute approximate surface area is 197 Å². The van der Waals surface area contributed by atoms with Crippen LogP contribution in [0.2, 0.25) is 0 Å². The number of para-hydroxylation sites is 1. The van der Waals surface area contributed by atoms with Gasteiger partial charge in [-0.15, -0.1) is 0 Å². The molecule has 0 aliphatic rings. The van der Waals surface area contributed by atoms with Crippen molar-refractivity contribution < 1.29 is 19.1 Å². The standard InChI is InChI=1S/C28H26N2O4/c1-4-7-25-19(5-2)16-23(34-25)17-30-15-14-21-8-6-9-24(26(21)30)27(31)29-18(3)20-10-12-22(13-11-20)28(32)33/h4-16,18H,2,17H2,1,3H3,(H,29,31)(H,32,33)/b7-4-/t18-/m0/s1. The zero-order valence-corrected chi connectivity index (χ0v) is 19.1. The summed E-state index contributed by atoms with van der Waals surface area (Å²) in [5.74, 6) is 0.332. The first-order chi connectivity index (χ1) is 16.4. The number of allylic oxidation sites excluding steroid dienone is 1. The van der Waals surface area contributed by atoms with Crippen molar-refractivity contribution in [2.45, 2.75) is 26.4 Å². The molecule has 172 valence electrons. The van der Waals surface area contributed by atoms with Crippen LogP contribution in [0.5, 0.6) is 0 Å². The van der Waals surface area contributed by atoms with Crippen LogP contribution in [0.1, 0.15) is 63.3 Å². The Morgan fingerprint density at radius 1 is 1.18 bits per heavy atom. The van der Waals surface area contributed by atoms with Crippen molar-refractivity contribution in [3.05, 3.63) is 107 Å². The quantitative estimate of drug-likeness (QED) is 0.334. The van der Waals surface area contributed by atoms with Crippen molar-refractivity contribution in [3.8, 4) is 0 Å². The van der Waals surface area contributed by atoms with E-state index in [-0.39, 0.29) is 17.5 Å². The highest BCUT2D eigenvalue weighted by atomic mass is 16.4. The third-order valence-electron chi connectivity index (χ3n) is 5.74. The fourth-order valence-corrected chi connectivity index (χ4v) is 4.01. The van der Waals surface area contributed by atoms with E-state index < -0.39 is 5.97 Å². The van der Waals surface area contributed by atoms with Gasteiger partial charge < -0.3 is 19.4 Å². The van der Waals surface area contributed by atoms with Crippen molar-refractivity contribution >= 4 is 34.9 Å². The Morgan fingerprint density at radius 2 is 1.94 bits per heavy atom. The number of nitrogens with one attached hydrogen (secondary N) is 1. The Morgan fingerprint density at radius 3 is 2.62 bits per heavy atom. The molecule has 1 amide bonds. The average molecular weight is 455 g/mol. The Balaban J connectivity index is 1.61. The van der Waals surface area contributed by atoms with Gasteiger partial charge in [0.25, 0.3) is 5.91 Å². The third-order valence-corrected chi connectivity index (χ3v) is 5.74. The number of nitrogens with zero attached hydrogens (tertiary/aromatic N) is 1. The lowest BCUT2D eigenvalue weighted by atomic mass is 10.0. The first-order valence-corrected chi connectivity index (χ1v) is 11.0. The van der Waals surface area contributed by atoms with Crippen molar-refractivity contribution in [1.29, 1.82) is 0 Å². The predicted octanol–water partition coefficient (Wildman–Crippen LogP) is 6.15. The molecule has 2 aromatic carbocycles. The topological polar surface area (TPSA) is 84.5 Å². The van der Waals surface area contributed by atoms with Crippen molar-refractivity contribution in [3.63, 3.8) is 0 Å². The summed E-state index contributed by atoms with van der Waals surface area (Å²) in [4.78, 5) is 24.3. The van der Waals surface area contributed by atoms with E-state index in [0.29, 0.717) is 12.1 Å². The van der Waals surface area contributed by atoms with Crippen LogP contribution >= 0.6 is 0 Å². The monoisotopic (exact) mass is 454 g/mol. The molecule has 34 heavy (non-hydrogen) atoms. The summed E-state index contributed by atoms with van der Waals surface area (Å²) in [6.07, 6.45) is 7.53. The lowest BCUT2D eigenvalue weighted by Gasteiger charge is -2.16.